The van der Waals surface area contributed by atoms with Crippen molar-refractivity contribution in [3.8, 4) is 11.8 Å². The van der Waals surface area contributed by atoms with Gasteiger partial charge >= 0.3 is 0 Å². The first-order valence-corrected chi connectivity index (χ1v) is 5.95. The van der Waals surface area contributed by atoms with Gasteiger partial charge in [-0.2, -0.15) is 5.26 Å². The Morgan fingerprint density at radius 1 is 1.47 bits per heavy atom. The van der Waals surface area contributed by atoms with Crippen LogP contribution in [0.15, 0.2) is 18.2 Å². The van der Waals surface area contributed by atoms with Gasteiger partial charge in [0.25, 0.3) is 0 Å². The maximum absolute atomic E-state index is 11.3. The molecule has 1 aromatic carbocycles. The molecule has 0 aliphatic heterocycles. The fourth-order valence-electron chi connectivity index (χ4n) is 1.94. The average molecular weight is 250 g/mol. The quantitative estimate of drug-likeness (QED) is 0.809. The molecular weight excluding hydrogens is 238 g/mol. The fourth-order valence-corrected chi connectivity index (χ4v) is 2.15. The van der Waals surface area contributed by atoms with Gasteiger partial charge in [-0.05, 0) is 25.0 Å². The second-order valence-corrected chi connectivity index (χ2v) is 4.54. The summed E-state index contributed by atoms with van der Waals surface area (Å²) in [6.07, 6.45) is 2.85. The largest absolute Gasteiger partial charge is 0.490 e. The smallest absolute Gasteiger partial charge is 0.136 e. The number of ether oxygens (including phenoxy) is 1. The Morgan fingerprint density at radius 3 is 2.94 bits per heavy atom. The van der Waals surface area contributed by atoms with E-state index in [0.717, 1.165) is 12.8 Å². The minimum Gasteiger partial charge on any atom is -0.490 e. The summed E-state index contributed by atoms with van der Waals surface area (Å²) in [5.41, 5.74) is 0.429. The first kappa shape index (κ1) is 11.9. The summed E-state index contributed by atoms with van der Waals surface area (Å²) >= 11 is 5.91. The number of hydrogen-bond acceptors (Lipinski definition) is 3. The summed E-state index contributed by atoms with van der Waals surface area (Å²) in [6, 6.07) is 6.95. The Hall–Kier alpha value is -1.53. The van der Waals surface area contributed by atoms with Crippen molar-refractivity contribution >= 4 is 17.4 Å². The Kier molecular flexibility index (Phi) is 3.65. The van der Waals surface area contributed by atoms with Crippen LogP contribution in [0.5, 0.6) is 5.75 Å². The highest BCUT2D eigenvalue weighted by Crippen LogP contribution is 2.25. The van der Waals surface area contributed by atoms with Gasteiger partial charge in [-0.25, -0.2) is 0 Å². The summed E-state index contributed by atoms with van der Waals surface area (Å²) in [4.78, 5) is 11.3. The molecule has 0 radical (unpaired) electrons. The molecule has 0 amide bonds. The van der Waals surface area contributed by atoms with Crippen LogP contribution in [-0.4, -0.2) is 11.9 Å². The van der Waals surface area contributed by atoms with E-state index in [1.54, 1.807) is 18.2 Å². The van der Waals surface area contributed by atoms with Crippen LogP contribution in [0, 0.1) is 11.3 Å². The van der Waals surface area contributed by atoms with Crippen LogP contribution in [-0.2, 0) is 4.79 Å². The Labute approximate surface area is 105 Å². The summed E-state index contributed by atoms with van der Waals surface area (Å²) in [5.74, 6) is 0.870. The van der Waals surface area contributed by atoms with E-state index >= 15 is 0 Å². The number of hydrogen-bond donors (Lipinski definition) is 0. The number of Topliss-reactive ketones (excluding diaryl/α,β-unsaturated/α-hetero) is 1. The lowest BCUT2D eigenvalue weighted by atomic mass is 9.96. The number of rotatable bonds is 2. The van der Waals surface area contributed by atoms with Crippen molar-refractivity contribution in [2.24, 2.45) is 0 Å². The van der Waals surface area contributed by atoms with Gasteiger partial charge in [0.15, 0.2) is 0 Å². The number of nitriles is 1. The maximum Gasteiger partial charge on any atom is 0.136 e. The van der Waals surface area contributed by atoms with Gasteiger partial charge in [0.1, 0.15) is 23.7 Å². The molecule has 3 nitrogen and oxygen atoms in total. The third-order valence-corrected chi connectivity index (χ3v) is 3.11. The minimum atomic E-state index is -0.0553. The number of carbonyl (C=O) groups is 1. The van der Waals surface area contributed by atoms with Crippen molar-refractivity contribution < 1.29 is 9.53 Å². The van der Waals surface area contributed by atoms with Crippen molar-refractivity contribution in [2.45, 2.75) is 31.8 Å². The zero-order valence-electron chi connectivity index (χ0n) is 9.28. The third kappa shape index (κ3) is 2.98. The first-order valence-electron chi connectivity index (χ1n) is 5.57. The van der Waals surface area contributed by atoms with Crippen LogP contribution in [0.2, 0.25) is 5.02 Å². The monoisotopic (exact) mass is 249 g/mol. The molecular formula is C13H12ClNO2. The highest BCUT2D eigenvalue weighted by atomic mass is 35.5. The lowest BCUT2D eigenvalue weighted by molar-refractivity contribution is -0.122. The molecule has 17 heavy (non-hydrogen) atoms. The SMILES string of the molecule is N#Cc1ccc(OC2CCCC(=O)C2)cc1Cl. The second kappa shape index (κ2) is 5.20. The molecule has 2 rings (SSSR count). The molecule has 4 heteroatoms. The van der Waals surface area contributed by atoms with Crippen molar-refractivity contribution in [1.29, 1.82) is 5.26 Å². The van der Waals surface area contributed by atoms with Crippen LogP contribution in [0.3, 0.4) is 0 Å². The summed E-state index contributed by atoms with van der Waals surface area (Å²) in [7, 11) is 0. The number of ketones is 1. The molecule has 1 aliphatic rings. The lowest BCUT2D eigenvalue weighted by Gasteiger charge is -2.22. The summed E-state index contributed by atoms with van der Waals surface area (Å²) in [5, 5.41) is 9.13. The maximum atomic E-state index is 11.3. The van der Waals surface area contributed by atoms with Gasteiger partial charge in [0.2, 0.25) is 0 Å². The van der Waals surface area contributed by atoms with Gasteiger partial charge in [-0.1, -0.05) is 11.6 Å². The minimum absolute atomic E-state index is 0.0553. The summed E-state index contributed by atoms with van der Waals surface area (Å²) in [6.45, 7) is 0. The Balaban J connectivity index is 2.06. The molecule has 1 fully saturated rings. The van der Waals surface area contributed by atoms with Crippen LogP contribution in [0.1, 0.15) is 31.2 Å². The molecule has 0 spiro atoms. The van der Waals surface area contributed by atoms with Gasteiger partial charge in [-0.15, -0.1) is 0 Å². The Morgan fingerprint density at radius 2 is 2.29 bits per heavy atom. The fraction of sp³-hybridized carbons (Fsp3) is 0.385. The van der Waals surface area contributed by atoms with Crippen LogP contribution < -0.4 is 4.74 Å². The van der Waals surface area contributed by atoms with Gasteiger partial charge in [0, 0.05) is 18.9 Å². The predicted octanol–water partition coefficient (Wildman–Crippen LogP) is 3.10. The number of benzene rings is 1. The van der Waals surface area contributed by atoms with Crippen molar-refractivity contribution in [3.63, 3.8) is 0 Å². The zero-order chi connectivity index (χ0) is 12.3. The highest BCUT2D eigenvalue weighted by Gasteiger charge is 2.20. The van der Waals surface area contributed by atoms with E-state index in [9.17, 15) is 4.79 Å². The van der Waals surface area contributed by atoms with Gasteiger partial charge < -0.3 is 4.74 Å². The predicted molar refractivity (Wildman–Crippen MR) is 64.1 cm³/mol. The van der Waals surface area contributed by atoms with Crippen molar-refractivity contribution in [1.82, 2.24) is 0 Å². The molecule has 0 heterocycles. The van der Waals surface area contributed by atoms with E-state index in [2.05, 4.69) is 0 Å². The third-order valence-electron chi connectivity index (χ3n) is 2.80. The van der Waals surface area contributed by atoms with E-state index in [1.807, 2.05) is 6.07 Å². The van der Waals surface area contributed by atoms with Crippen LogP contribution in [0.4, 0.5) is 0 Å². The molecule has 0 bridgehead atoms. The van der Waals surface area contributed by atoms with Crippen LogP contribution >= 0.6 is 11.6 Å². The molecule has 0 aromatic heterocycles. The molecule has 1 aromatic rings. The lowest BCUT2D eigenvalue weighted by Crippen LogP contribution is -2.25. The van der Waals surface area contributed by atoms with E-state index in [0.29, 0.717) is 29.2 Å². The van der Waals surface area contributed by atoms with Crippen molar-refractivity contribution in [2.75, 3.05) is 0 Å². The normalized spacial score (nSPS) is 19.8. The molecule has 0 saturated heterocycles. The number of nitrogens with zero attached hydrogens (tertiary/aromatic N) is 1. The first-order chi connectivity index (χ1) is 8.19. The molecule has 0 N–H and O–H groups in total. The van der Waals surface area contributed by atoms with Gasteiger partial charge in [-0.3, -0.25) is 4.79 Å². The highest BCUT2D eigenvalue weighted by molar-refractivity contribution is 6.31. The molecule has 1 unspecified atom stereocenters. The average Bonchev–Trinajstić information content (AvgIpc) is 2.29. The molecule has 1 aliphatic carbocycles. The molecule has 1 saturated carbocycles. The molecule has 1 atom stereocenters. The zero-order valence-corrected chi connectivity index (χ0v) is 10.0. The van der Waals surface area contributed by atoms with E-state index in [-0.39, 0.29) is 11.9 Å². The molecule has 88 valence electrons. The standard InChI is InChI=1S/C13H12ClNO2/c14-13-7-12(5-4-9(13)8-15)17-11-3-1-2-10(16)6-11/h4-5,7,11H,1-3,6H2. The van der Waals surface area contributed by atoms with E-state index in [1.165, 1.54) is 0 Å². The topological polar surface area (TPSA) is 50.1 Å². The van der Waals surface area contributed by atoms with Crippen molar-refractivity contribution in [3.05, 3.63) is 28.8 Å². The Bertz CT molecular complexity index is 479. The number of carbonyl (C=O) groups excluding carboxylic acids is 1. The van der Waals surface area contributed by atoms with Gasteiger partial charge in [0.05, 0.1) is 10.6 Å². The summed E-state index contributed by atoms with van der Waals surface area (Å²) < 4.78 is 5.69. The second-order valence-electron chi connectivity index (χ2n) is 4.13. The van der Waals surface area contributed by atoms with E-state index in [4.69, 9.17) is 21.6 Å². The van der Waals surface area contributed by atoms with Crippen LogP contribution in [0.25, 0.3) is 0 Å². The van der Waals surface area contributed by atoms with E-state index < -0.39 is 0 Å². The number of halogens is 1.